The average Bonchev–Trinajstić information content (AvgIpc) is 2.85. The normalized spacial score (nSPS) is 12.9. The fourth-order valence-electron chi connectivity index (χ4n) is 1.59. The van der Waals surface area contributed by atoms with Crippen LogP contribution in [0.2, 0.25) is 0 Å². The predicted octanol–water partition coefficient (Wildman–Crippen LogP) is 0.421. The van der Waals surface area contributed by atoms with Crippen LogP contribution in [0.5, 0.6) is 0 Å². The van der Waals surface area contributed by atoms with Gasteiger partial charge < -0.3 is 16.3 Å². The monoisotopic (exact) mass is 254 g/mol. The Morgan fingerprint density at radius 3 is 2.89 bits per heavy atom. The van der Waals surface area contributed by atoms with Crippen molar-refractivity contribution in [1.82, 2.24) is 20.3 Å². The maximum atomic E-state index is 8.65. The molecule has 7 nitrogen and oxygen atoms in total. The van der Waals surface area contributed by atoms with Crippen molar-refractivity contribution in [3.8, 4) is 0 Å². The molecule has 0 bridgehead atoms. The van der Waals surface area contributed by atoms with Crippen LogP contribution in [0.15, 0.2) is 17.5 Å². The Morgan fingerprint density at radius 2 is 2.28 bits per heavy atom. The Hall–Kier alpha value is -1.63. The number of hydrogen-bond donors (Lipinski definition) is 3. The molecule has 0 amide bonds. The first-order valence-corrected chi connectivity index (χ1v) is 6.09. The van der Waals surface area contributed by atoms with Crippen molar-refractivity contribution in [3.05, 3.63) is 12.4 Å². The van der Waals surface area contributed by atoms with Crippen molar-refractivity contribution in [2.75, 3.05) is 13.1 Å². The van der Waals surface area contributed by atoms with E-state index in [1.165, 1.54) is 0 Å². The average molecular weight is 254 g/mol. The van der Waals surface area contributed by atoms with E-state index in [0.717, 1.165) is 32.5 Å². The molecule has 0 aliphatic rings. The second-order valence-electron chi connectivity index (χ2n) is 4.89. The van der Waals surface area contributed by atoms with Gasteiger partial charge in [-0.2, -0.15) is 0 Å². The predicted molar refractivity (Wildman–Crippen MR) is 69.3 cm³/mol. The summed E-state index contributed by atoms with van der Waals surface area (Å²) in [5.41, 5.74) is 5.36. The third-order valence-corrected chi connectivity index (χ3v) is 2.95. The second-order valence-corrected chi connectivity index (χ2v) is 4.89. The third kappa shape index (κ3) is 4.70. The van der Waals surface area contributed by atoms with E-state index in [9.17, 15) is 0 Å². The molecule has 0 atom stereocenters. The number of hydrogen-bond acceptors (Lipinski definition) is 5. The van der Waals surface area contributed by atoms with Gasteiger partial charge in [0.15, 0.2) is 0 Å². The van der Waals surface area contributed by atoms with Gasteiger partial charge in [0, 0.05) is 18.2 Å². The summed E-state index contributed by atoms with van der Waals surface area (Å²) in [6.07, 6.45) is 5.35. The fraction of sp³-hybridized carbons (Fsp3) is 0.727. The highest BCUT2D eigenvalue weighted by Crippen LogP contribution is 2.21. The number of nitrogens with zero attached hydrogens (tertiary/aromatic N) is 4. The van der Waals surface area contributed by atoms with Crippen molar-refractivity contribution in [3.63, 3.8) is 0 Å². The van der Waals surface area contributed by atoms with Crippen LogP contribution in [0.1, 0.15) is 26.7 Å². The van der Waals surface area contributed by atoms with Gasteiger partial charge in [0.2, 0.25) is 0 Å². The molecule has 1 aromatic heterocycles. The van der Waals surface area contributed by atoms with Gasteiger partial charge in [-0.15, -0.1) is 5.10 Å². The molecular weight excluding hydrogens is 232 g/mol. The lowest BCUT2D eigenvalue weighted by Gasteiger charge is -2.22. The molecule has 18 heavy (non-hydrogen) atoms. The zero-order valence-electron chi connectivity index (χ0n) is 11.0. The number of oxime groups is 1. The molecule has 0 fully saturated rings. The summed E-state index contributed by atoms with van der Waals surface area (Å²) in [6, 6.07) is 0. The van der Waals surface area contributed by atoms with Crippen LogP contribution in [-0.4, -0.2) is 39.1 Å². The number of nitrogens with two attached hydrogens (primary N) is 1. The highest BCUT2D eigenvalue weighted by Gasteiger charge is 2.22. The van der Waals surface area contributed by atoms with Crippen LogP contribution in [0, 0.1) is 5.41 Å². The van der Waals surface area contributed by atoms with Crippen molar-refractivity contribution in [1.29, 1.82) is 0 Å². The van der Waals surface area contributed by atoms with Crippen molar-refractivity contribution < 1.29 is 5.21 Å². The molecule has 0 unspecified atom stereocenters. The van der Waals surface area contributed by atoms with Gasteiger partial charge in [-0.25, -0.2) is 0 Å². The lowest BCUT2D eigenvalue weighted by Crippen LogP contribution is -2.33. The summed E-state index contributed by atoms with van der Waals surface area (Å²) in [6.45, 7) is 6.50. The molecule has 102 valence electrons. The highest BCUT2D eigenvalue weighted by atomic mass is 16.4. The molecule has 0 saturated carbocycles. The lowest BCUT2D eigenvalue weighted by molar-refractivity contribution is 0.304. The van der Waals surface area contributed by atoms with Crippen LogP contribution in [0.4, 0.5) is 0 Å². The van der Waals surface area contributed by atoms with Crippen molar-refractivity contribution in [2.45, 2.75) is 33.2 Å². The van der Waals surface area contributed by atoms with E-state index in [0.29, 0.717) is 0 Å². The van der Waals surface area contributed by atoms with Gasteiger partial charge in [0.05, 0.1) is 12.7 Å². The number of rotatable bonds is 8. The number of aromatic nitrogens is 3. The maximum absolute atomic E-state index is 8.65. The van der Waals surface area contributed by atoms with E-state index < -0.39 is 0 Å². The summed E-state index contributed by atoms with van der Waals surface area (Å²) in [7, 11) is 0. The quantitative estimate of drug-likeness (QED) is 0.205. The Bertz CT molecular complexity index is 360. The van der Waals surface area contributed by atoms with E-state index in [-0.39, 0.29) is 11.3 Å². The molecule has 0 saturated heterocycles. The zero-order chi connectivity index (χ0) is 13.4. The first kappa shape index (κ1) is 14.4. The minimum absolute atomic E-state index is 0.262. The Labute approximate surface area is 107 Å². The van der Waals surface area contributed by atoms with Gasteiger partial charge in [-0.1, -0.05) is 24.2 Å². The fourth-order valence-corrected chi connectivity index (χ4v) is 1.59. The van der Waals surface area contributed by atoms with Gasteiger partial charge in [0.25, 0.3) is 0 Å². The molecule has 0 spiro atoms. The van der Waals surface area contributed by atoms with Crippen LogP contribution in [0.3, 0.4) is 0 Å². The Kier molecular flexibility index (Phi) is 5.57. The lowest BCUT2D eigenvalue weighted by atomic mass is 9.86. The Balaban J connectivity index is 2.08. The van der Waals surface area contributed by atoms with E-state index in [1.807, 2.05) is 20.0 Å². The van der Waals surface area contributed by atoms with Crippen LogP contribution in [-0.2, 0) is 6.54 Å². The minimum atomic E-state index is -0.262. The van der Waals surface area contributed by atoms with Crippen LogP contribution >= 0.6 is 0 Å². The first-order valence-electron chi connectivity index (χ1n) is 6.09. The Morgan fingerprint density at radius 1 is 1.50 bits per heavy atom. The minimum Gasteiger partial charge on any atom is -0.409 e. The highest BCUT2D eigenvalue weighted by molar-refractivity contribution is 5.85. The number of nitrogens with one attached hydrogen (secondary N) is 1. The molecule has 0 aliphatic heterocycles. The van der Waals surface area contributed by atoms with E-state index in [4.69, 9.17) is 10.9 Å². The molecule has 0 aromatic carbocycles. The molecular formula is C11H22N6O. The van der Waals surface area contributed by atoms with Gasteiger partial charge in [-0.3, -0.25) is 4.68 Å². The summed E-state index contributed by atoms with van der Waals surface area (Å²) in [5, 5.41) is 22.6. The van der Waals surface area contributed by atoms with E-state index >= 15 is 0 Å². The second kappa shape index (κ2) is 6.95. The van der Waals surface area contributed by atoms with Crippen molar-refractivity contribution >= 4 is 5.84 Å². The molecule has 1 rings (SSSR count). The number of amidine groups is 1. The van der Waals surface area contributed by atoms with Crippen molar-refractivity contribution in [2.24, 2.45) is 16.3 Å². The zero-order valence-corrected chi connectivity index (χ0v) is 11.0. The van der Waals surface area contributed by atoms with E-state index in [2.05, 4.69) is 20.8 Å². The first-order chi connectivity index (χ1) is 8.56. The molecule has 1 heterocycles. The smallest absolute Gasteiger partial charge is 0.144 e. The molecule has 4 N–H and O–H groups in total. The van der Waals surface area contributed by atoms with Gasteiger partial charge >= 0.3 is 0 Å². The summed E-state index contributed by atoms with van der Waals surface area (Å²) in [5.74, 6) is 0.283. The maximum Gasteiger partial charge on any atom is 0.144 e. The third-order valence-electron chi connectivity index (χ3n) is 2.95. The van der Waals surface area contributed by atoms with Gasteiger partial charge in [0.1, 0.15) is 5.84 Å². The molecule has 0 aliphatic carbocycles. The molecule has 1 aromatic rings. The largest absolute Gasteiger partial charge is 0.409 e. The summed E-state index contributed by atoms with van der Waals surface area (Å²) in [4.78, 5) is 0. The van der Waals surface area contributed by atoms with Crippen LogP contribution < -0.4 is 11.1 Å². The van der Waals surface area contributed by atoms with Crippen LogP contribution in [0.25, 0.3) is 0 Å². The topological polar surface area (TPSA) is 101 Å². The summed E-state index contributed by atoms with van der Waals surface area (Å²) >= 11 is 0. The SMILES string of the molecule is CC(C)(CCCNCCn1ccnn1)/C(N)=N/O. The molecule has 0 radical (unpaired) electrons. The van der Waals surface area contributed by atoms with E-state index in [1.54, 1.807) is 10.9 Å². The molecule has 7 heteroatoms. The van der Waals surface area contributed by atoms with Gasteiger partial charge in [-0.05, 0) is 19.4 Å². The summed E-state index contributed by atoms with van der Waals surface area (Å²) < 4.78 is 1.79. The standard InChI is InChI=1S/C11H22N6O/c1-11(2,10(12)15-18)4-3-5-13-6-8-17-9-7-14-16-17/h7,9,13,18H,3-6,8H2,1-2H3,(H2,12,15).